The Hall–Kier alpha value is -2.78. The molecular weight excluding hydrogens is 454 g/mol. The van der Waals surface area contributed by atoms with E-state index in [0.717, 1.165) is 4.90 Å². The highest BCUT2D eigenvalue weighted by Crippen LogP contribution is 2.28. The van der Waals surface area contributed by atoms with E-state index in [1.807, 2.05) is 0 Å². The molecule has 0 saturated heterocycles. The molecule has 0 spiro atoms. The van der Waals surface area contributed by atoms with Crippen molar-refractivity contribution in [3.05, 3.63) is 67.1 Å². The lowest BCUT2D eigenvalue weighted by atomic mass is 10.1. The molecule has 1 heterocycles. The number of nitro groups is 1. The average molecular weight is 467 g/mol. The third-order valence-electron chi connectivity index (χ3n) is 4.14. The summed E-state index contributed by atoms with van der Waals surface area (Å²) in [5.41, 5.74) is 0.603. The molecule has 1 N–H and O–H groups in total. The van der Waals surface area contributed by atoms with Crippen molar-refractivity contribution in [1.29, 1.82) is 0 Å². The van der Waals surface area contributed by atoms with E-state index in [1.165, 1.54) is 18.2 Å². The van der Waals surface area contributed by atoms with Gasteiger partial charge in [0.2, 0.25) is 5.91 Å². The highest BCUT2D eigenvalue weighted by atomic mass is 79.9. The number of benzene rings is 2. The summed E-state index contributed by atoms with van der Waals surface area (Å²) < 4.78 is 0.700. The topological polar surface area (TPSA) is 110 Å². The van der Waals surface area contributed by atoms with Crippen LogP contribution in [0, 0.1) is 10.1 Å². The van der Waals surface area contributed by atoms with Crippen molar-refractivity contribution in [2.24, 2.45) is 0 Å². The number of amides is 3. The van der Waals surface area contributed by atoms with Gasteiger partial charge in [-0.25, -0.2) is 0 Å². The second-order valence-corrected chi connectivity index (χ2v) is 7.35. The minimum atomic E-state index is -0.640. The third-order valence-corrected chi connectivity index (χ3v) is 4.96. The van der Waals surface area contributed by atoms with Crippen LogP contribution >= 0.6 is 27.5 Å². The fourth-order valence-corrected chi connectivity index (χ4v) is 3.37. The average Bonchev–Trinajstić information content (AvgIpc) is 2.87. The van der Waals surface area contributed by atoms with E-state index in [2.05, 4.69) is 21.2 Å². The number of nitrogens with one attached hydrogen (secondary N) is 1. The SMILES string of the molecule is O=C(CCCN1C(=O)c2ccc(Br)cc2C1=O)Nc1ccc(Cl)c([N+](=O)[O-])c1. The van der Waals surface area contributed by atoms with Crippen molar-refractivity contribution < 1.29 is 19.3 Å². The molecule has 1 aliphatic rings. The second-order valence-electron chi connectivity index (χ2n) is 6.03. The highest BCUT2D eigenvalue weighted by molar-refractivity contribution is 9.10. The largest absolute Gasteiger partial charge is 0.326 e. The number of carbonyl (C=O) groups is 3. The van der Waals surface area contributed by atoms with E-state index < -0.39 is 16.7 Å². The van der Waals surface area contributed by atoms with Gasteiger partial charge in [-0.1, -0.05) is 27.5 Å². The molecule has 0 aromatic heterocycles. The fourth-order valence-electron chi connectivity index (χ4n) is 2.82. The van der Waals surface area contributed by atoms with Gasteiger partial charge >= 0.3 is 0 Å². The quantitative estimate of drug-likeness (QED) is 0.393. The summed E-state index contributed by atoms with van der Waals surface area (Å²) >= 11 is 9.00. The number of nitrogens with zero attached hydrogens (tertiary/aromatic N) is 2. The minimum Gasteiger partial charge on any atom is -0.326 e. The molecule has 10 heteroatoms. The Morgan fingerprint density at radius 1 is 1.14 bits per heavy atom. The van der Waals surface area contributed by atoms with Crippen molar-refractivity contribution in [3.8, 4) is 0 Å². The van der Waals surface area contributed by atoms with Crippen LogP contribution in [0.3, 0.4) is 0 Å². The normalized spacial score (nSPS) is 12.9. The smallest absolute Gasteiger partial charge is 0.289 e. The molecule has 3 rings (SSSR count). The van der Waals surface area contributed by atoms with Crippen molar-refractivity contribution in [2.75, 3.05) is 11.9 Å². The maximum absolute atomic E-state index is 12.4. The van der Waals surface area contributed by atoms with E-state index in [4.69, 9.17) is 11.6 Å². The van der Waals surface area contributed by atoms with Gasteiger partial charge in [0.15, 0.2) is 0 Å². The molecule has 8 nitrogen and oxygen atoms in total. The first kappa shape index (κ1) is 20.0. The van der Waals surface area contributed by atoms with Crippen LogP contribution in [0.15, 0.2) is 40.9 Å². The fraction of sp³-hybridized carbons (Fsp3) is 0.167. The monoisotopic (exact) mass is 465 g/mol. The predicted molar refractivity (Wildman–Crippen MR) is 105 cm³/mol. The van der Waals surface area contributed by atoms with Gasteiger partial charge in [-0.3, -0.25) is 29.4 Å². The number of anilines is 1. The van der Waals surface area contributed by atoms with Crippen molar-refractivity contribution >= 4 is 56.6 Å². The molecule has 1 aliphatic heterocycles. The number of fused-ring (bicyclic) bond motifs is 1. The van der Waals surface area contributed by atoms with Gasteiger partial charge < -0.3 is 5.32 Å². The van der Waals surface area contributed by atoms with Gasteiger partial charge in [0.05, 0.1) is 16.1 Å². The number of hydrogen-bond acceptors (Lipinski definition) is 5. The first-order chi connectivity index (χ1) is 13.3. The maximum Gasteiger partial charge on any atom is 0.289 e. The van der Waals surface area contributed by atoms with E-state index in [0.29, 0.717) is 15.6 Å². The number of imide groups is 1. The molecule has 0 aliphatic carbocycles. The molecule has 0 saturated carbocycles. The maximum atomic E-state index is 12.4. The van der Waals surface area contributed by atoms with Gasteiger partial charge in [-0.15, -0.1) is 0 Å². The number of rotatable bonds is 6. The molecule has 2 aromatic carbocycles. The summed E-state index contributed by atoms with van der Waals surface area (Å²) in [5.74, 6) is -1.17. The van der Waals surface area contributed by atoms with Gasteiger partial charge in [0.25, 0.3) is 17.5 Å². The summed E-state index contributed by atoms with van der Waals surface area (Å²) in [6, 6.07) is 8.81. The molecule has 144 valence electrons. The van der Waals surface area contributed by atoms with Gasteiger partial charge in [-0.2, -0.15) is 0 Å². The number of halogens is 2. The summed E-state index contributed by atoms with van der Waals surface area (Å²) in [6.45, 7) is 0.0954. The number of nitro benzene ring substituents is 1. The van der Waals surface area contributed by atoms with Crippen LogP contribution in [0.2, 0.25) is 5.02 Å². The van der Waals surface area contributed by atoms with Crippen LogP contribution in [-0.4, -0.2) is 34.1 Å². The summed E-state index contributed by atoms with van der Waals surface area (Å²) in [7, 11) is 0. The Kier molecular flexibility index (Phi) is 5.76. The van der Waals surface area contributed by atoms with E-state index in [1.54, 1.807) is 18.2 Å². The van der Waals surface area contributed by atoms with Gasteiger partial charge in [-0.05, 0) is 36.8 Å². The number of hydrogen-bond donors (Lipinski definition) is 1. The zero-order chi connectivity index (χ0) is 20.4. The standard InChI is InChI=1S/C18H13BrClN3O5/c19-10-3-5-12-13(8-10)18(26)22(17(12)25)7-1-2-16(24)21-11-4-6-14(20)15(9-11)23(27)28/h3-6,8-9H,1-2,7H2,(H,21,24). The molecular formula is C18H13BrClN3O5. The van der Waals surface area contributed by atoms with Gasteiger partial charge in [0.1, 0.15) is 5.02 Å². The van der Waals surface area contributed by atoms with Crippen LogP contribution in [0.4, 0.5) is 11.4 Å². The predicted octanol–water partition coefficient (Wildman–Crippen LogP) is 4.03. The number of carbonyl (C=O) groups excluding carboxylic acids is 3. The molecule has 0 fully saturated rings. The third kappa shape index (κ3) is 4.05. The lowest BCUT2D eigenvalue weighted by Gasteiger charge is -2.13. The van der Waals surface area contributed by atoms with Crippen molar-refractivity contribution in [3.63, 3.8) is 0 Å². The van der Waals surface area contributed by atoms with E-state index in [9.17, 15) is 24.5 Å². The first-order valence-corrected chi connectivity index (χ1v) is 9.34. The second kappa shape index (κ2) is 8.07. The Bertz CT molecular complexity index is 1010. The van der Waals surface area contributed by atoms with Crippen LogP contribution in [-0.2, 0) is 4.79 Å². The minimum absolute atomic E-state index is 0.0275. The summed E-state index contributed by atoms with van der Waals surface area (Å²) in [5, 5.41) is 13.4. The van der Waals surface area contributed by atoms with Crippen LogP contribution < -0.4 is 5.32 Å². The Balaban J connectivity index is 1.57. The highest BCUT2D eigenvalue weighted by Gasteiger charge is 2.35. The molecule has 0 bridgehead atoms. The van der Waals surface area contributed by atoms with Crippen molar-refractivity contribution in [2.45, 2.75) is 12.8 Å². The van der Waals surface area contributed by atoms with Crippen LogP contribution in [0.25, 0.3) is 0 Å². The molecule has 0 unspecified atom stereocenters. The van der Waals surface area contributed by atoms with Crippen LogP contribution in [0.5, 0.6) is 0 Å². The summed E-state index contributed by atoms with van der Waals surface area (Å²) in [6.07, 6.45) is 0.293. The zero-order valence-electron chi connectivity index (χ0n) is 14.3. The first-order valence-electron chi connectivity index (χ1n) is 8.17. The molecule has 0 radical (unpaired) electrons. The molecule has 2 aromatic rings. The summed E-state index contributed by atoms with van der Waals surface area (Å²) in [4.78, 5) is 48.1. The molecule has 3 amide bonds. The lowest BCUT2D eigenvalue weighted by molar-refractivity contribution is -0.384. The zero-order valence-corrected chi connectivity index (χ0v) is 16.6. The lowest BCUT2D eigenvalue weighted by Crippen LogP contribution is -2.31. The molecule has 0 atom stereocenters. The van der Waals surface area contributed by atoms with Crippen LogP contribution in [0.1, 0.15) is 33.6 Å². The van der Waals surface area contributed by atoms with Crippen molar-refractivity contribution in [1.82, 2.24) is 4.90 Å². The van der Waals surface area contributed by atoms with E-state index >= 15 is 0 Å². The Morgan fingerprint density at radius 2 is 1.86 bits per heavy atom. The van der Waals surface area contributed by atoms with E-state index in [-0.39, 0.29) is 41.7 Å². The molecule has 28 heavy (non-hydrogen) atoms. The van der Waals surface area contributed by atoms with Gasteiger partial charge in [0, 0.05) is 29.2 Å². The Labute approximate surface area is 172 Å². The Morgan fingerprint density at radius 3 is 2.57 bits per heavy atom.